The Morgan fingerprint density at radius 3 is 2.45 bits per heavy atom. The fraction of sp³-hybridized carbons (Fsp3) is 0.600. The van der Waals surface area contributed by atoms with Crippen LogP contribution >= 0.6 is 0 Å². The van der Waals surface area contributed by atoms with E-state index in [0.29, 0.717) is 5.56 Å². The van der Waals surface area contributed by atoms with Crippen molar-refractivity contribution in [2.24, 2.45) is 0 Å². The van der Waals surface area contributed by atoms with Crippen molar-refractivity contribution in [1.29, 1.82) is 0 Å². The summed E-state index contributed by atoms with van der Waals surface area (Å²) >= 11 is 0. The zero-order valence-electron chi connectivity index (χ0n) is 12.9. The van der Waals surface area contributed by atoms with Gasteiger partial charge in [0.1, 0.15) is 5.75 Å². The zero-order valence-corrected chi connectivity index (χ0v) is 12.9. The van der Waals surface area contributed by atoms with E-state index < -0.39 is 12.5 Å². The van der Waals surface area contributed by atoms with Crippen LogP contribution in [-0.4, -0.2) is 48.8 Å². The van der Waals surface area contributed by atoms with Gasteiger partial charge in [0.05, 0.1) is 18.8 Å². The van der Waals surface area contributed by atoms with Crippen molar-refractivity contribution in [3.63, 3.8) is 0 Å². The smallest absolute Gasteiger partial charge is 0.405 e. The highest BCUT2D eigenvalue weighted by molar-refractivity contribution is 5.33. The number of benzene rings is 1. The average molecular weight is 321 g/mol. The second-order valence-corrected chi connectivity index (χ2v) is 5.39. The number of hydrogen-bond acceptors (Lipinski definition) is 4. The molecule has 0 saturated heterocycles. The summed E-state index contributed by atoms with van der Waals surface area (Å²) < 4.78 is 46.4. The number of hydrogen-bond donors (Lipinski definition) is 1. The number of ether oxygens (including phenoxy) is 2. The molecule has 0 spiro atoms. The second kappa shape index (κ2) is 8.36. The first-order chi connectivity index (χ1) is 10.2. The van der Waals surface area contributed by atoms with E-state index in [-0.39, 0.29) is 31.5 Å². The summed E-state index contributed by atoms with van der Waals surface area (Å²) in [6, 6.07) is 5.96. The first-order valence-electron chi connectivity index (χ1n) is 6.99. The van der Waals surface area contributed by atoms with Gasteiger partial charge in [0, 0.05) is 18.7 Å². The van der Waals surface area contributed by atoms with Crippen molar-refractivity contribution in [2.75, 3.05) is 20.2 Å². The van der Waals surface area contributed by atoms with Gasteiger partial charge in [-0.15, -0.1) is 13.2 Å². The molecule has 1 atom stereocenters. The number of alkyl halides is 3. The molecule has 1 rings (SSSR count). The van der Waals surface area contributed by atoms with Crippen LogP contribution in [0.5, 0.6) is 5.75 Å². The highest BCUT2D eigenvalue weighted by Crippen LogP contribution is 2.26. The number of nitrogens with zero attached hydrogens (tertiary/aromatic N) is 1. The molecule has 0 bridgehead atoms. The molecule has 1 aromatic rings. The third-order valence-electron chi connectivity index (χ3n) is 2.78. The van der Waals surface area contributed by atoms with Gasteiger partial charge in [-0.2, -0.15) is 0 Å². The van der Waals surface area contributed by atoms with Crippen molar-refractivity contribution in [3.05, 3.63) is 29.8 Å². The van der Waals surface area contributed by atoms with Gasteiger partial charge in [0.2, 0.25) is 0 Å². The van der Waals surface area contributed by atoms with Gasteiger partial charge in [-0.05, 0) is 27.0 Å². The fourth-order valence-electron chi connectivity index (χ4n) is 1.93. The minimum Gasteiger partial charge on any atom is -0.405 e. The molecule has 0 aromatic heterocycles. The van der Waals surface area contributed by atoms with Crippen LogP contribution in [-0.2, 0) is 11.3 Å². The molecule has 126 valence electrons. The molecule has 7 heteroatoms. The first kappa shape index (κ1) is 18.7. The Labute approximate surface area is 128 Å². The highest BCUT2D eigenvalue weighted by atomic mass is 19.4. The Morgan fingerprint density at radius 1 is 1.23 bits per heavy atom. The van der Waals surface area contributed by atoms with Gasteiger partial charge in [0.15, 0.2) is 0 Å². The average Bonchev–Trinajstić information content (AvgIpc) is 2.37. The van der Waals surface area contributed by atoms with Crippen LogP contribution in [0, 0.1) is 0 Å². The molecule has 0 amide bonds. The lowest BCUT2D eigenvalue weighted by molar-refractivity contribution is -0.275. The van der Waals surface area contributed by atoms with Gasteiger partial charge >= 0.3 is 6.36 Å². The van der Waals surface area contributed by atoms with Crippen molar-refractivity contribution >= 4 is 0 Å². The van der Waals surface area contributed by atoms with Crippen LogP contribution in [0.25, 0.3) is 0 Å². The van der Waals surface area contributed by atoms with Crippen molar-refractivity contribution < 1.29 is 27.8 Å². The van der Waals surface area contributed by atoms with E-state index in [1.165, 1.54) is 12.1 Å². The standard InChI is InChI=1S/C15H22F3NO3/c1-11(2)21-10-13(20)9-19(3)8-12-6-4-5-7-14(12)22-15(16,17)18/h4-7,11,13,20H,8-10H2,1-3H3. The third kappa shape index (κ3) is 7.63. The topological polar surface area (TPSA) is 41.9 Å². The maximum atomic E-state index is 12.4. The van der Waals surface area contributed by atoms with Gasteiger partial charge in [-0.3, -0.25) is 4.90 Å². The van der Waals surface area contributed by atoms with E-state index in [0.717, 1.165) is 0 Å². The van der Waals surface area contributed by atoms with Crippen molar-refractivity contribution in [2.45, 2.75) is 39.0 Å². The number of rotatable bonds is 8. The van der Waals surface area contributed by atoms with Crippen LogP contribution < -0.4 is 4.74 Å². The Morgan fingerprint density at radius 2 is 1.86 bits per heavy atom. The van der Waals surface area contributed by atoms with Gasteiger partial charge in [-0.25, -0.2) is 0 Å². The predicted molar refractivity (Wildman–Crippen MR) is 76.6 cm³/mol. The molecule has 1 N–H and O–H groups in total. The fourth-order valence-corrected chi connectivity index (χ4v) is 1.93. The van der Waals surface area contributed by atoms with E-state index in [9.17, 15) is 18.3 Å². The van der Waals surface area contributed by atoms with E-state index in [2.05, 4.69) is 4.74 Å². The summed E-state index contributed by atoms with van der Waals surface area (Å²) in [6.45, 7) is 4.42. The Kier molecular flexibility index (Phi) is 7.12. The van der Waals surface area contributed by atoms with Crippen LogP contribution in [0.15, 0.2) is 24.3 Å². The molecule has 0 radical (unpaired) electrons. The Balaban J connectivity index is 2.59. The summed E-state index contributed by atoms with van der Waals surface area (Å²) in [5, 5.41) is 9.82. The summed E-state index contributed by atoms with van der Waals surface area (Å²) in [5.41, 5.74) is 0.402. The first-order valence-corrected chi connectivity index (χ1v) is 6.99. The molecule has 0 aliphatic heterocycles. The summed E-state index contributed by atoms with van der Waals surface area (Å²) in [5.74, 6) is -0.227. The molecule has 0 aliphatic rings. The molecule has 1 unspecified atom stereocenters. The minimum absolute atomic E-state index is 0.0147. The lowest BCUT2D eigenvalue weighted by Crippen LogP contribution is -2.32. The molecule has 0 saturated carbocycles. The summed E-state index contributed by atoms with van der Waals surface area (Å²) in [7, 11) is 1.71. The third-order valence-corrected chi connectivity index (χ3v) is 2.78. The van der Waals surface area contributed by atoms with E-state index >= 15 is 0 Å². The Hall–Kier alpha value is -1.31. The van der Waals surface area contributed by atoms with Crippen molar-refractivity contribution in [1.82, 2.24) is 4.90 Å². The monoisotopic (exact) mass is 321 g/mol. The van der Waals surface area contributed by atoms with Crippen molar-refractivity contribution in [3.8, 4) is 5.75 Å². The molecular formula is C15H22F3NO3. The second-order valence-electron chi connectivity index (χ2n) is 5.39. The molecule has 22 heavy (non-hydrogen) atoms. The maximum Gasteiger partial charge on any atom is 0.573 e. The predicted octanol–water partition coefficient (Wildman–Crippen LogP) is 2.80. The quantitative estimate of drug-likeness (QED) is 0.799. The number of para-hydroxylation sites is 1. The van der Waals surface area contributed by atoms with Crippen LogP contribution in [0.4, 0.5) is 13.2 Å². The molecule has 0 heterocycles. The summed E-state index contributed by atoms with van der Waals surface area (Å²) in [6.07, 6.45) is -5.41. The van der Waals surface area contributed by atoms with Crippen LogP contribution in [0.2, 0.25) is 0 Å². The summed E-state index contributed by atoms with van der Waals surface area (Å²) in [4.78, 5) is 1.72. The lowest BCUT2D eigenvalue weighted by Gasteiger charge is -2.22. The van der Waals surface area contributed by atoms with Gasteiger partial charge in [-0.1, -0.05) is 18.2 Å². The Bertz CT molecular complexity index is 452. The van der Waals surface area contributed by atoms with Gasteiger partial charge < -0.3 is 14.6 Å². The SMILES string of the molecule is CC(C)OCC(O)CN(C)Cc1ccccc1OC(F)(F)F. The molecular weight excluding hydrogens is 299 g/mol. The largest absolute Gasteiger partial charge is 0.573 e. The number of aliphatic hydroxyl groups is 1. The zero-order chi connectivity index (χ0) is 16.8. The molecule has 4 nitrogen and oxygen atoms in total. The molecule has 0 aliphatic carbocycles. The number of likely N-dealkylation sites (N-methyl/N-ethyl adjacent to an activating group) is 1. The van der Waals surface area contributed by atoms with E-state index in [1.54, 1.807) is 24.1 Å². The number of aliphatic hydroxyl groups excluding tert-OH is 1. The van der Waals surface area contributed by atoms with Crippen LogP contribution in [0.3, 0.4) is 0 Å². The van der Waals surface area contributed by atoms with Gasteiger partial charge in [0.25, 0.3) is 0 Å². The van der Waals surface area contributed by atoms with Crippen LogP contribution in [0.1, 0.15) is 19.4 Å². The molecule has 0 fully saturated rings. The van der Waals surface area contributed by atoms with E-state index in [4.69, 9.17) is 4.74 Å². The highest BCUT2D eigenvalue weighted by Gasteiger charge is 2.32. The lowest BCUT2D eigenvalue weighted by atomic mass is 10.2. The minimum atomic E-state index is -4.72. The molecule has 1 aromatic carbocycles. The number of halogens is 3. The maximum absolute atomic E-state index is 12.4. The normalized spacial score (nSPS) is 13.7. The van der Waals surface area contributed by atoms with E-state index in [1.807, 2.05) is 13.8 Å².